The molecule has 0 aliphatic heterocycles. The third-order valence-corrected chi connectivity index (χ3v) is 1.56. The Hall–Kier alpha value is -0.880. The zero-order valence-corrected chi connectivity index (χ0v) is 7.05. The Morgan fingerprint density at radius 3 is 2.91 bits per heavy atom. The Morgan fingerprint density at radius 2 is 2.45 bits per heavy atom. The molecule has 0 aromatic carbocycles. The summed E-state index contributed by atoms with van der Waals surface area (Å²) in [5.41, 5.74) is 0. The van der Waals surface area contributed by atoms with Gasteiger partial charge in [0.1, 0.15) is 0 Å². The summed E-state index contributed by atoms with van der Waals surface area (Å²) >= 11 is 0. The molecular formula is C9H15NO. The number of hydrogen-bond donors (Lipinski definition) is 0. The van der Waals surface area contributed by atoms with Gasteiger partial charge in [0.25, 0.3) is 0 Å². The van der Waals surface area contributed by atoms with E-state index in [0.717, 1.165) is 25.7 Å². The highest BCUT2D eigenvalue weighted by Crippen LogP contribution is 2.07. The summed E-state index contributed by atoms with van der Waals surface area (Å²) in [5.74, 6) is 0. The lowest BCUT2D eigenvalue weighted by molar-refractivity contribution is 0.542. The van der Waals surface area contributed by atoms with Gasteiger partial charge in [-0.1, -0.05) is 25.8 Å². The van der Waals surface area contributed by atoms with Crippen LogP contribution in [0.1, 0.15) is 32.6 Å². The number of hydrogen-bond acceptors (Lipinski definition) is 2. The van der Waals surface area contributed by atoms with Crippen LogP contribution in [-0.4, -0.2) is 12.1 Å². The molecule has 62 valence electrons. The van der Waals surface area contributed by atoms with Crippen molar-refractivity contribution in [2.45, 2.75) is 38.6 Å². The smallest absolute Gasteiger partial charge is 0.211 e. The monoisotopic (exact) mass is 153 g/mol. The van der Waals surface area contributed by atoms with E-state index in [1.807, 2.05) is 0 Å². The van der Waals surface area contributed by atoms with E-state index in [2.05, 4.69) is 18.5 Å². The molecule has 0 bridgehead atoms. The molecule has 0 rings (SSSR count). The second kappa shape index (κ2) is 7.23. The molecule has 2 nitrogen and oxygen atoms in total. The maximum absolute atomic E-state index is 9.93. The molecule has 0 saturated heterocycles. The van der Waals surface area contributed by atoms with E-state index in [-0.39, 0.29) is 6.04 Å². The summed E-state index contributed by atoms with van der Waals surface area (Å²) in [7, 11) is 0. The lowest BCUT2D eigenvalue weighted by Crippen LogP contribution is -2.01. The van der Waals surface area contributed by atoms with Crippen LogP contribution in [0.15, 0.2) is 17.6 Å². The maximum Gasteiger partial charge on any atom is 0.235 e. The number of rotatable bonds is 6. The fourth-order valence-electron chi connectivity index (χ4n) is 0.942. The first kappa shape index (κ1) is 10.1. The van der Waals surface area contributed by atoms with Crippen LogP contribution in [0.3, 0.4) is 0 Å². The Bertz CT molecular complexity index is 148. The van der Waals surface area contributed by atoms with E-state index in [0.29, 0.717) is 0 Å². The lowest BCUT2D eigenvalue weighted by atomic mass is 10.1. The molecule has 0 fully saturated rings. The molecule has 0 N–H and O–H groups in total. The highest BCUT2D eigenvalue weighted by atomic mass is 16.1. The molecule has 1 atom stereocenters. The Balaban J connectivity index is 3.68. The van der Waals surface area contributed by atoms with Gasteiger partial charge in [0.2, 0.25) is 6.08 Å². The average Bonchev–Trinajstić information content (AvgIpc) is 2.01. The Kier molecular flexibility index (Phi) is 6.65. The number of isocyanates is 1. The fourth-order valence-corrected chi connectivity index (χ4v) is 0.942. The van der Waals surface area contributed by atoms with Gasteiger partial charge in [-0.2, -0.15) is 0 Å². The predicted octanol–water partition coefficient (Wildman–Crippen LogP) is 2.46. The second-order valence-electron chi connectivity index (χ2n) is 2.54. The molecule has 0 spiro atoms. The van der Waals surface area contributed by atoms with Gasteiger partial charge in [0.15, 0.2) is 0 Å². The second-order valence-corrected chi connectivity index (χ2v) is 2.54. The first-order valence-corrected chi connectivity index (χ1v) is 4.03. The fraction of sp³-hybridized carbons (Fsp3) is 0.667. The zero-order chi connectivity index (χ0) is 8.53. The van der Waals surface area contributed by atoms with Gasteiger partial charge in [-0.05, 0) is 12.8 Å². The van der Waals surface area contributed by atoms with Gasteiger partial charge >= 0.3 is 0 Å². The SMILES string of the molecule is C=CCC(CCCC)N=C=O. The van der Waals surface area contributed by atoms with Crippen molar-refractivity contribution in [1.82, 2.24) is 0 Å². The first-order chi connectivity index (χ1) is 5.35. The molecule has 0 aromatic heterocycles. The van der Waals surface area contributed by atoms with Crippen molar-refractivity contribution in [2.24, 2.45) is 4.99 Å². The minimum Gasteiger partial charge on any atom is -0.211 e. The highest BCUT2D eigenvalue weighted by molar-refractivity contribution is 5.33. The minimum atomic E-state index is 0.116. The van der Waals surface area contributed by atoms with Crippen molar-refractivity contribution in [3.63, 3.8) is 0 Å². The van der Waals surface area contributed by atoms with Crippen molar-refractivity contribution >= 4 is 6.08 Å². The Morgan fingerprint density at radius 1 is 1.73 bits per heavy atom. The minimum absolute atomic E-state index is 0.116. The summed E-state index contributed by atoms with van der Waals surface area (Å²) in [6, 6.07) is 0.116. The van der Waals surface area contributed by atoms with Gasteiger partial charge < -0.3 is 0 Å². The summed E-state index contributed by atoms with van der Waals surface area (Å²) in [5, 5.41) is 0. The lowest BCUT2D eigenvalue weighted by Gasteiger charge is -2.05. The van der Waals surface area contributed by atoms with Gasteiger partial charge in [0, 0.05) is 0 Å². The third kappa shape index (κ3) is 5.56. The van der Waals surface area contributed by atoms with Crippen LogP contribution in [0.25, 0.3) is 0 Å². The third-order valence-electron chi connectivity index (χ3n) is 1.56. The molecule has 0 radical (unpaired) electrons. The molecule has 0 heterocycles. The predicted molar refractivity (Wildman–Crippen MR) is 46.2 cm³/mol. The van der Waals surface area contributed by atoms with Crippen LogP contribution < -0.4 is 0 Å². The van der Waals surface area contributed by atoms with Crippen LogP contribution in [0.4, 0.5) is 0 Å². The molecule has 0 saturated carbocycles. The summed E-state index contributed by atoms with van der Waals surface area (Å²) in [6.45, 7) is 5.72. The normalized spacial score (nSPS) is 11.7. The number of carbonyl (C=O) groups excluding carboxylic acids is 1. The van der Waals surface area contributed by atoms with E-state index in [1.165, 1.54) is 0 Å². The molecule has 0 amide bonds. The standard InChI is InChI=1S/C9H15NO/c1-3-5-7-9(6-4-2)10-8-11/h4,9H,2-3,5-7H2,1H3. The van der Waals surface area contributed by atoms with Gasteiger partial charge in [-0.3, -0.25) is 0 Å². The molecule has 11 heavy (non-hydrogen) atoms. The first-order valence-electron chi connectivity index (χ1n) is 4.03. The molecule has 2 heteroatoms. The van der Waals surface area contributed by atoms with E-state index >= 15 is 0 Å². The average molecular weight is 153 g/mol. The number of aliphatic imine (C=N–C) groups is 1. The summed E-state index contributed by atoms with van der Waals surface area (Å²) < 4.78 is 0. The van der Waals surface area contributed by atoms with E-state index in [9.17, 15) is 4.79 Å². The number of nitrogens with zero attached hydrogens (tertiary/aromatic N) is 1. The largest absolute Gasteiger partial charge is 0.235 e. The summed E-state index contributed by atoms with van der Waals surface area (Å²) in [6.07, 6.45) is 7.39. The van der Waals surface area contributed by atoms with Crippen molar-refractivity contribution < 1.29 is 4.79 Å². The van der Waals surface area contributed by atoms with Crippen molar-refractivity contribution in [3.8, 4) is 0 Å². The van der Waals surface area contributed by atoms with Gasteiger partial charge in [-0.15, -0.1) is 6.58 Å². The van der Waals surface area contributed by atoms with Crippen molar-refractivity contribution in [2.75, 3.05) is 0 Å². The van der Waals surface area contributed by atoms with Gasteiger partial charge in [-0.25, -0.2) is 9.79 Å². The van der Waals surface area contributed by atoms with Crippen LogP contribution in [0.2, 0.25) is 0 Å². The topological polar surface area (TPSA) is 29.4 Å². The van der Waals surface area contributed by atoms with Crippen molar-refractivity contribution in [3.05, 3.63) is 12.7 Å². The van der Waals surface area contributed by atoms with E-state index < -0.39 is 0 Å². The zero-order valence-electron chi connectivity index (χ0n) is 7.05. The molecule has 0 aliphatic carbocycles. The molecule has 0 aromatic rings. The Labute approximate surface area is 68.0 Å². The molecule has 1 unspecified atom stereocenters. The molecular weight excluding hydrogens is 138 g/mol. The van der Waals surface area contributed by atoms with E-state index in [4.69, 9.17) is 0 Å². The van der Waals surface area contributed by atoms with Crippen LogP contribution in [-0.2, 0) is 4.79 Å². The quantitative estimate of drug-likeness (QED) is 0.327. The van der Waals surface area contributed by atoms with Crippen LogP contribution in [0, 0.1) is 0 Å². The number of unbranched alkanes of at least 4 members (excludes halogenated alkanes) is 1. The van der Waals surface area contributed by atoms with Crippen molar-refractivity contribution in [1.29, 1.82) is 0 Å². The maximum atomic E-state index is 9.93. The summed E-state index contributed by atoms with van der Waals surface area (Å²) in [4.78, 5) is 13.6. The van der Waals surface area contributed by atoms with Crippen LogP contribution >= 0.6 is 0 Å². The highest BCUT2D eigenvalue weighted by Gasteiger charge is 2.02. The van der Waals surface area contributed by atoms with Crippen LogP contribution in [0.5, 0.6) is 0 Å². The van der Waals surface area contributed by atoms with Gasteiger partial charge in [0.05, 0.1) is 6.04 Å². The van der Waals surface area contributed by atoms with E-state index in [1.54, 1.807) is 12.2 Å². The molecule has 0 aliphatic rings.